The van der Waals surface area contributed by atoms with Crippen molar-refractivity contribution < 1.29 is 4.52 Å². The van der Waals surface area contributed by atoms with Crippen LogP contribution in [0.25, 0.3) is 0 Å². The fraction of sp³-hybridized carbons (Fsp3) is 0.545. The largest absolute Gasteiger partial charge is 0.360 e. The van der Waals surface area contributed by atoms with Crippen LogP contribution in [0.4, 0.5) is 0 Å². The molecule has 0 bridgehead atoms. The second-order valence-corrected chi connectivity index (χ2v) is 3.76. The van der Waals surface area contributed by atoms with Crippen molar-refractivity contribution in [2.45, 2.75) is 25.8 Å². The summed E-state index contributed by atoms with van der Waals surface area (Å²) in [5, 5.41) is 7.05. The van der Waals surface area contributed by atoms with Crippen LogP contribution in [0.5, 0.6) is 0 Å². The highest BCUT2D eigenvalue weighted by molar-refractivity contribution is 4.93. The van der Waals surface area contributed by atoms with Gasteiger partial charge >= 0.3 is 0 Å². The maximum atomic E-state index is 5.00. The summed E-state index contributed by atoms with van der Waals surface area (Å²) in [5.41, 5.74) is 0. The van der Waals surface area contributed by atoms with E-state index in [1.807, 2.05) is 6.07 Å². The SMILES string of the molecule is C1=CCC(CNCc2ccno2)CC1. The standard InChI is InChI=1S/C11H16N2O/c1-2-4-10(5-3-1)8-12-9-11-6-7-13-14-11/h1-2,6-7,10,12H,3-5,8-9H2. The summed E-state index contributed by atoms with van der Waals surface area (Å²) >= 11 is 0. The first kappa shape index (κ1) is 9.46. The van der Waals surface area contributed by atoms with E-state index in [-0.39, 0.29) is 0 Å². The van der Waals surface area contributed by atoms with Crippen LogP contribution in [0.15, 0.2) is 28.9 Å². The summed E-state index contributed by atoms with van der Waals surface area (Å²) in [4.78, 5) is 0. The first-order valence-corrected chi connectivity index (χ1v) is 5.20. The van der Waals surface area contributed by atoms with Gasteiger partial charge in [0.25, 0.3) is 0 Å². The monoisotopic (exact) mass is 192 g/mol. The van der Waals surface area contributed by atoms with Gasteiger partial charge < -0.3 is 9.84 Å². The van der Waals surface area contributed by atoms with E-state index in [0.29, 0.717) is 0 Å². The summed E-state index contributed by atoms with van der Waals surface area (Å²) in [6, 6.07) is 1.90. The second kappa shape index (κ2) is 4.96. The molecule has 1 aromatic rings. The van der Waals surface area contributed by atoms with Gasteiger partial charge in [0.1, 0.15) is 5.76 Å². The van der Waals surface area contributed by atoms with Crippen molar-refractivity contribution in [3.8, 4) is 0 Å². The highest BCUT2D eigenvalue weighted by atomic mass is 16.5. The predicted octanol–water partition coefficient (Wildman–Crippen LogP) is 2.12. The van der Waals surface area contributed by atoms with E-state index in [2.05, 4.69) is 22.6 Å². The van der Waals surface area contributed by atoms with Gasteiger partial charge in [0.05, 0.1) is 12.7 Å². The molecule has 1 aliphatic carbocycles. The number of nitrogens with zero attached hydrogens (tertiary/aromatic N) is 1. The van der Waals surface area contributed by atoms with Crippen LogP contribution in [0, 0.1) is 5.92 Å². The number of hydrogen-bond acceptors (Lipinski definition) is 3. The lowest BCUT2D eigenvalue weighted by atomic mass is 9.94. The van der Waals surface area contributed by atoms with Crippen LogP contribution in [0.2, 0.25) is 0 Å². The molecule has 1 atom stereocenters. The van der Waals surface area contributed by atoms with Crippen LogP contribution < -0.4 is 5.32 Å². The number of hydrogen-bond donors (Lipinski definition) is 1. The molecule has 1 unspecified atom stereocenters. The van der Waals surface area contributed by atoms with Gasteiger partial charge in [-0.05, 0) is 31.7 Å². The molecular formula is C11H16N2O. The number of nitrogens with one attached hydrogen (secondary N) is 1. The molecule has 0 radical (unpaired) electrons. The maximum absolute atomic E-state index is 5.00. The van der Waals surface area contributed by atoms with E-state index in [9.17, 15) is 0 Å². The van der Waals surface area contributed by atoms with E-state index in [0.717, 1.165) is 24.8 Å². The molecule has 0 amide bonds. The van der Waals surface area contributed by atoms with Gasteiger partial charge in [0.15, 0.2) is 0 Å². The van der Waals surface area contributed by atoms with Crippen LogP contribution >= 0.6 is 0 Å². The minimum atomic E-state index is 0.792. The van der Waals surface area contributed by atoms with E-state index >= 15 is 0 Å². The van der Waals surface area contributed by atoms with Gasteiger partial charge in [0, 0.05) is 6.07 Å². The Balaban J connectivity index is 1.65. The zero-order valence-electron chi connectivity index (χ0n) is 8.28. The molecule has 0 saturated heterocycles. The predicted molar refractivity (Wildman–Crippen MR) is 54.7 cm³/mol. The minimum Gasteiger partial charge on any atom is -0.360 e. The molecule has 14 heavy (non-hydrogen) atoms. The van der Waals surface area contributed by atoms with E-state index in [4.69, 9.17) is 4.52 Å². The van der Waals surface area contributed by atoms with E-state index in [1.54, 1.807) is 6.20 Å². The van der Waals surface area contributed by atoms with Crippen LogP contribution in [-0.2, 0) is 6.54 Å². The molecule has 0 aliphatic heterocycles. The van der Waals surface area contributed by atoms with E-state index < -0.39 is 0 Å². The van der Waals surface area contributed by atoms with Gasteiger partial charge in [-0.3, -0.25) is 0 Å². The number of aromatic nitrogens is 1. The zero-order chi connectivity index (χ0) is 9.64. The van der Waals surface area contributed by atoms with Crippen molar-refractivity contribution in [1.29, 1.82) is 0 Å². The molecule has 2 rings (SSSR count). The third-order valence-electron chi connectivity index (χ3n) is 2.60. The third-order valence-corrected chi connectivity index (χ3v) is 2.60. The Bertz CT molecular complexity index is 279. The highest BCUT2D eigenvalue weighted by Crippen LogP contribution is 2.16. The van der Waals surface area contributed by atoms with Gasteiger partial charge in [-0.2, -0.15) is 0 Å². The lowest BCUT2D eigenvalue weighted by Crippen LogP contribution is -2.22. The molecule has 76 valence electrons. The molecule has 3 heteroatoms. The number of rotatable bonds is 4. The molecule has 0 spiro atoms. The van der Waals surface area contributed by atoms with Crippen molar-refractivity contribution in [3.63, 3.8) is 0 Å². The molecule has 0 fully saturated rings. The summed E-state index contributed by atoms with van der Waals surface area (Å²) in [6.45, 7) is 1.87. The van der Waals surface area contributed by atoms with Gasteiger partial charge in [-0.1, -0.05) is 17.3 Å². The zero-order valence-corrected chi connectivity index (χ0v) is 8.28. The van der Waals surface area contributed by atoms with Crippen molar-refractivity contribution >= 4 is 0 Å². The first-order chi connectivity index (χ1) is 6.95. The Morgan fingerprint density at radius 2 is 2.50 bits per heavy atom. The van der Waals surface area contributed by atoms with Crippen LogP contribution in [0.3, 0.4) is 0 Å². The van der Waals surface area contributed by atoms with Crippen LogP contribution in [-0.4, -0.2) is 11.7 Å². The lowest BCUT2D eigenvalue weighted by molar-refractivity contribution is 0.361. The molecule has 0 saturated carbocycles. The Labute approximate surface area is 84.2 Å². The fourth-order valence-electron chi connectivity index (χ4n) is 1.77. The average Bonchev–Trinajstić information content (AvgIpc) is 2.72. The first-order valence-electron chi connectivity index (χ1n) is 5.20. The van der Waals surface area contributed by atoms with Crippen molar-refractivity contribution in [2.24, 2.45) is 5.92 Å². The molecule has 0 aromatic carbocycles. The van der Waals surface area contributed by atoms with Crippen molar-refractivity contribution in [3.05, 3.63) is 30.2 Å². The van der Waals surface area contributed by atoms with Crippen molar-refractivity contribution in [2.75, 3.05) is 6.54 Å². The third kappa shape index (κ3) is 2.70. The van der Waals surface area contributed by atoms with Gasteiger partial charge in [-0.15, -0.1) is 0 Å². The summed E-state index contributed by atoms with van der Waals surface area (Å²) in [6.07, 6.45) is 9.98. The molecule has 1 heterocycles. The highest BCUT2D eigenvalue weighted by Gasteiger charge is 2.09. The molecule has 1 N–H and O–H groups in total. The number of allylic oxidation sites excluding steroid dienone is 2. The average molecular weight is 192 g/mol. The van der Waals surface area contributed by atoms with Crippen LogP contribution in [0.1, 0.15) is 25.0 Å². The maximum Gasteiger partial charge on any atom is 0.150 e. The summed E-state index contributed by atoms with van der Waals surface area (Å²) in [7, 11) is 0. The second-order valence-electron chi connectivity index (χ2n) is 3.76. The Morgan fingerprint density at radius 1 is 1.50 bits per heavy atom. The quantitative estimate of drug-likeness (QED) is 0.742. The van der Waals surface area contributed by atoms with Gasteiger partial charge in [0.2, 0.25) is 0 Å². The fourth-order valence-corrected chi connectivity index (χ4v) is 1.77. The molecule has 1 aromatic heterocycles. The van der Waals surface area contributed by atoms with Crippen molar-refractivity contribution in [1.82, 2.24) is 10.5 Å². The molecule has 3 nitrogen and oxygen atoms in total. The molecule has 1 aliphatic rings. The smallest absolute Gasteiger partial charge is 0.150 e. The van der Waals surface area contributed by atoms with E-state index in [1.165, 1.54) is 19.3 Å². The Kier molecular flexibility index (Phi) is 3.35. The topological polar surface area (TPSA) is 38.1 Å². The molecular weight excluding hydrogens is 176 g/mol. The minimum absolute atomic E-state index is 0.792. The summed E-state index contributed by atoms with van der Waals surface area (Å²) in [5.74, 6) is 1.71. The normalized spacial score (nSPS) is 21.3. The Hall–Kier alpha value is -1.09. The lowest BCUT2D eigenvalue weighted by Gasteiger charge is -2.17. The summed E-state index contributed by atoms with van der Waals surface area (Å²) < 4.78 is 5.00. The Morgan fingerprint density at radius 3 is 3.21 bits per heavy atom. The van der Waals surface area contributed by atoms with Gasteiger partial charge in [-0.25, -0.2) is 0 Å².